The molecule has 1 fully saturated rings. The second-order valence-electron chi connectivity index (χ2n) is 6.19. The van der Waals surface area contributed by atoms with Crippen molar-refractivity contribution in [3.8, 4) is 0 Å². The summed E-state index contributed by atoms with van der Waals surface area (Å²) in [6.45, 7) is 3.04. The van der Waals surface area contributed by atoms with Crippen molar-refractivity contribution in [2.45, 2.75) is 19.9 Å². The number of halogens is 2. The third-order valence-electron chi connectivity index (χ3n) is 4.37. The maximum absolute atomic E-state index is 14.1. The van der Waals surface area contributed by atoms with Crippen molar-refractivity contribution >= 4 is 39.5 Å². The van der Waals surface area contributed by atoms with Gasteiger partial charge in [0.2, 0.25) is 5.91 Å². The predicted molar refractivity (Wildman–Crippen MR) is 98.4 cm³/mol. The van der Waals surface area contributed by atoms with Crippen molar-refractivity contribution in [2.75, 3.05) is 11.9 Å². The highest BCUT2D eigenvalue weighted by atomic mass is 79.9. The minimum atomic E-state index is -1.18. The molecule has 10 heteroatoms. The Kier molecular flexibility index (Phi) is 5.01. The standard InChI is InChI=1S/C17H17BrFN5O3/c1-8-14(9(2)23(3)22-8)20-13(25)7-24-16(26)15(21-17(24)27)11-6-10(18)4-5-12(11)19/h4-6,15H,7H2,1-3H3,(H,20,25)(H,21,27)/t15-/m0/s1. The van der Waals surface area contributed by atoms with Gasteiger partial charge >= 0.3 is 6.03 Å². The second kappa shape index (κ2) is 7.10. The van der Waals surface area contributed by atoms with Crippen molar-refractivity contribution in [2.24, 2.45) is 7.05 Å². The number of benzene rings is 1. The molecule has 1 aliphatic rings. The Balaban J connectivity index is 1.76. The Hall–Kier alpha value is -2.75. The van der Waals surface area contributed by atoms with E-state index in [9.17, 15) is 18.8 Å². The van der Waals surface area contributed by atoms with Gasteiger partial charge in [-0.2, -0.15) is 5.10 Å². The van der Waals surface area contributed by atoms with Gasteiger partial charge in [-0.15, -0.1) is 0 Å². The number of hydrogen-bond donors (Lipinski definition) is 2. The first-order valence-electron chi connectivity index (χ1n) is 8.06. The van der Waals surface area contributed by atoms with Gasteiger partial charge in [-0.1, -0.05) is 15.9 Å². The molecule has 2 aromatic rings. The number of rotatable bonds is 4. The van der Waals surface area contributed by atoms with Crippen LogP contribution in [0.2, 0.25) is 0 Å². The van der Waals surface area contributed by atoms with Crippen molar-refractivity contribution in [3.05, 3.63) is 45.4 Å². The maximum atomic E-state index is 14.1. The van der Waals surface area contributed by atoms with Crippen molar-refractivity contribution < 1.29 is 18.8 Å². The number of imide groups is 1. The fourth-order valence-electron chi connectivity index (χ4n) is 2.89. The molecule has 1 aliphatic heterocycles. The highest BCUT2D eigenvalue weighted by Gasteiger charge is 2.41. The Morgan fingerprint density at radius 3 is 2.70 bits per heavy atom. The van der Waals surface area contributed by atoms with Gasteiger partial charge in [-0.05, 0) is 32.0 Å². The number of carbonyl (C=O) groups excluding carboxylic acids is 3. The van der Waals surface area contributed by atoms with Crippen molar-refractivity contribution in [1.82, 2.24) is 20.0 Å². The monoisotopic (exact) mass is 437 g/mol. The number of carbonyl (C=O) groups is 3. The van der Waals surface area contributed by atoms with Crippen LogP contribution in [0, 0.1) is 19.7 Å². The molecule has 0 radical (unpaired) electrons. The van der Waals surface area contributed by atoms with Gasteiger partial charge in [0.1, 0.15) is 18.4 Å². The average Bonchev–Trinajstić information content (AvgIpc) is 3.01. The summed E-state index contributed by atoms with van der Waals surface area (Å²) in [6.07, 6.45) is 0. The Bertz CT molecular complexity index is 958. The fraction of sp³-hybridized carbons (Fsp3) is 0.294. The second-order valence-corrected chi connectivity index (χ2v) is 7.11. The van der Waals surface area contributed by atoms with Crippen molar-refractivity contribution in [1.29, 1.82) is 0 Å². The van der Waals surface area contributed by atoms with Crippen LogP contribution in [0.25, 0.3) is 0 Å². The number of hydrogen-bond acceptors (Lipinski definition) is 4. The molecule has 1 atom stereocenters. The Labute approximate surface area is 162 Å². The van der Waals surface area contributed by atoms with Gasteiger partial charge in [0.25, 0.3) is 5.91 Å². The smallest absolute Gasteiger partial charge is 0.322 e. The maximum Gasteiger partial charge on any atom is 0.325 e. The molecule has 1 saturated heterocycles. The molecule has 4 amide bonds. The van der Waals surface area contributed by atoms with Gasteiger partial charge < -0.3 is 10.6 Å². The normalized spacial score (nSPS) is 16.6. The van der Waals surface area contributed by atoms with Crippen LogP contribution in [-0.4, -0.2) is 39.1 Å². The predicted octanol–water partition coefficient (Wildman–Crippen LogP) is 2.17. The molecule has 27 heavy (non-hydrogen) atoms. The van der Waals surface area contributed by atoms with Crippen LogP contribution in [0.5, 0.6) is 0 Å². The SMILES string of the molecule is Cc1nn(C)c(C)c1NC(=O)CN1C(=O)N[C@@H](c2cc(Br)ccc2F)C1=O. The lowest BCUT2D eigenvalue weighted by Gasteiger charge is -2.14. The molecule has 0 bridgehead atoms. The van der Waals surface area contributed by atoms with Crippen LogP contribution in [0.3, 0.4) is 0 Å². The molecule has 0 saturated carbocycles. The first-order chi connectivity index (χ1) is 12.7. The summed E-state index contributed by atoms with van der Waals surface area (Å²) >= 11 is 3.21. The zero-order valence-corrected chi connectivity index (χ0v) is 16.4. The first kappa shape index (κ1) is 19.0. The molecular formula is C17H17BrFN5O3. The van der Waals surface area contributed by atoms with Crippen molar-refractivity contribution in [3.63, 3.8) is 0 Å². The Morgan fingerprint density at radius 2 is 2.07 bits per heavy atom. The molecule has 3 rings (SSSR count). The number of aryl methyl sites for hydroxylation is 2. The van der Waals surface area contributed by atoms with Crippen LogP contribution in [0.4, 0.5) is 14.9 Å². The summed E-state index contributed by atoms with van der Waals surface area (Å²) in [5, 5.41) is 9.27. The van der Waals surface area contributed by atoms with E-state index in [1.807, 2.05) is 0 Å². The minimum Gasteiger partial charge on any atom is -0.322 e. The minimum absolute atomic E-state index is 0.0320. The molecule has 2 N–H and O–H groups in total. The van der Waals surface area contributed by atoms with E-state index in [0.717, 1.165) is 10.6 Å². The zero-order valence-electron chi connectivity index (χ0n) is 14.8. The van der Waals surface area contributed by atoms with Gasteiger partial charge in [0.15, 0.2) is 0 Å². The van der Waals surface area contributed by atoms with E-state index in [1.54, 1.807) is 25.6 Å². The molecule has 0 unspecified atom stereocenters. The van der Waals surface area contributed by atoms with E-state index < -0.39 is 36.2 Å². The van der Waals surface area contributed by atoms with E-state index in [0.29, 0.717) is 15.9 Å². The fourth-order valence-corrected chi connectivity index (χ4v) is 3.27. The lowest BCUT2D eigenvalue weighted by Crippen LogP contribution is -2.38. The van der Waals surface area contributed by atoms with Gasteiger partial charge in [0, 0.05) is 17.1 Å². The molecule has 8 nitrogen and oxygen atoms in total. The summed E-state index contributed by atoms with van der Waals surface area (Å²) in [4.78, 5) is 37.8. The van der Waals surface area contributed by atoms with Crippen LogP contribution in [0.1, 0.15) is 23.0 Å². The van der Waals surface area contributed by atoms with E-state index in [1.165, 1.54) is 18.2 Å². The molecule has 142 valence electrons. The summed E-state index contributed by atoms with van der Waals surface area (Å²) in [7, 11) is 1.74. The van der Waals surface area contributed by atoms with Gasteiger partial charge in [-0.3, -0.25) is 19.2 Å². The lowest BCUT2D eigenvalue weighted by molar-refractivity contribution is -0.130. The summed E-state index contributed by atoms with van der Waals surface area (Å²) in [6, 6.07) is 2.18. The number of aromatic nitrogens is 2. The van der Waals surface area contributed by atoms with Crippen LogP contribution in [0.15, 0.2) is 22.7 Å². The first-order valence-corrected chi connectivity index (χ1v) is 8.85. The summed E-state index contributed by atoms with van der Waals surface area (Å²) in [5.41, 5.74) is 1.93. The third kappa shape index (κ3) is 3.57. The highest BCUT2D eigenvalue weighted by molar-refractivity contribution is 9.10. The Morgan fingerprint density at radius 1 is 1.37 bits per heavy atom. The van der Waals surface area contributed by atoms with E-state index in [4.69, 9.17) is 0 Å². The largest absolute Gasteiger partial charge is 0.325 e. The summed E-state index contributed by atoms with van der Waals surface area (Å²) in [5.74, 6) is -1.86. The van der Waals surface area contributed by atoms with Crippen LogP contribution >= 0.6 is 15.9 Å². The highest BCUT2D eigenvalue weighted by Crippen LogP contribution is 2.27. The number of urea groups is 1. The third-order valence-corrected chi connectivity index (χ3v) is 4.86. The number of amides is 4. The van der Waals surface area contributed by atoms with Crippen LogP contribution in [-0.2, 0) is 16.6 Å². The van der Waals surface area contributed by atoms with E-state index >= 15 is 0 Å². The molecule has 0 spiro atoms. The molecule has 0 aliphatic carbocycles. The quantitative estimate of drug-likeness (QED) is 0.716. The number of anilines is 1. The molecule has 1 aromatic heterocycles. The molecule has 2 heterocycles. The zero-order chi connectivity index (χ0) is 19.9. The van der Waals surface area contributed by atoms with E-state index in [-0.39, 0.29) is 5.56 Å². The molecular weight excluding hydrogens is 421 g/mol. The van der Waals surface area contributed by atoms with E-state index in [2.05, 4.69) is 31.7 Å². The molecule has 1 aromatic carbocycles. The lowest BCUT2D eigenvalue weighted by atomic mass is 10.1. The average molecular weight is 438 g/mol. The van der Waals surface area contributed by atoms with Gasteiger partial charge in [-0.25, -0.2) is 9.18 Å². The van der Waals surface area contributed by atoms with Gasteiger partial charge in [0.05, 0.1) is 17.1 Å². The number of nitrogens with zero attached hydrogens (tertiary/aromatic N) is 3. The van der Waals surface area contributed by atoms with Crippen LogP contribution < -0.4 is 10.6 Å². The topological polar surface area (TPSA) is 96.3 Å². The number of nitrogens with one attached hydrogen (secondary N) is 2. The summed E-state index contributed by atoms with van der Waals surface area (Å²) < 4.78 is 16.2.